The molecule has 0 radical (unpaired) electrons. The fraction of sp³-hybridized carbons (Fsp3) is 0.667. The zero-order chi connectivity index (χ0) is 19.9. The van der Waals surface area contributed by atoms with E-state index in [4.69, 9.17) is 46.0 Å². The van der Waals surface area contributed by atoms with Crippen molar-refractivity contribution in [3.63, 3.8) is 0 Å². The molecule has 0 aliphatic carbocycles. The SMILES string of the molecule is O=C([O-])[C@H](O)[C@@H](O)[C@H](O)[C@H](O)CO.O=C1O[C@H]([C@@H](O)CO)C(O)=C1O.[Na+]. The molecule has 0 aromatic carbocycles. The summed E-state index contributed by atoms with van der Waals surface area (Å²) in [4.78, 5) is 20.5. The Morgan fingerprint density at radius 1 is 1.04 bits per heavy atom. The number of hydrogen-bond acceptors (Lipinski definition) is 13. The number of aliphatic hydroxyl groups is 9. The summed E-state index contributed by atoms with van der Waals surface area (Å²) in [6.07, 6.45) is -10.9. The van der Waals surface area contributed by atoms with Crippen LogP contribution in [0, 0.1) is 0 Å². The quantitative estimate of drug-likeness (QED) is 0.144. The number of carbonyl (C=O) groups is 2. The van der Waals surface area contributed by atoms with Crippen molar-refractivity contribution in [2.24, 2.45) is 0 Å². The van der Waals surface area contributed by atoms with Gasteiger partial charge in [0.25, 0.3) is 0 Å². The Morgan fingerprint density at radius 2 is 1.54 bits per heavy atom. The van der Waals surface area contributed by atoms with Crippen molar-refractivity contribution >= 4 is 11.9 Å². The Kier molecular flexibility index (Phi) is 13.0. The van der Waals surface area contributed by atoms with Crippen LogP contribution in [0.25, 0.3) is 0 Å². The van der Waals surface area contributed by atoms with Crippen LogP contribution < -0.4 is 34.7 Å². The molecule has 0 amide bonds. The number of cyclic esters (lactones) is 1. The molecule has 0 saturated carbocycles. The summed E-state index contributed by atoms with van der Waals surface area (Å²) in [7, 11) is 0. The van der Waals surface area contributed by atoms with Crippen LogP contribution in [-0.2, 0) is 14.3 Å². The summed E-state index contributed by atoms with van der Waals surface area (Å²) in [6.45, 7) is -1.53. The summed E-state index contributed by atoms with van der Waals surface area (Å²) < 4.78 is 4.32. The molecule has 0 unspecified atom stereocenters. The third kappa shape index (κ3) is 7.32. The van der Waals surface area contributed by atoms with Crippen LogP contribution in [0.3, 0.4) is 0 Å². The molecule has 0 aromatic rings. The molecule has 1 rings (SSSR count). The van der Waals surface area contributed by atoms with E-state index in [0.29, 0.717) is 0 Å². The van der Waals surface area contributed by atoms with Crippen molar-refractivity contribution in [2.45, 2.75) is 36.6 Å². The second kappa shape index (κ2) is 12.4. The van der Waals surface area contributed by atoms with Crippen molar-refractivity contribution in [3.05, 3.63) is 11.5 Å². The Bertz CT molecular complexity index is 496. The van der Waals surface area contributed by atoms with E-state index in [1.807, 2.05) is 0 Å². The second-order valence-corrected chi connectivity index (χ2v) is 4.80. The number of carboxylic acids is 1. The molecule has 6 atom stereocenters. The Morgan fingerprint density at radius 3 is 1.85 bits per heavy atom. The number of esters is 1. The monoisotopic (exact) mass is 394 g/mol. The molecule has 26 heavy (non-hydrogen) atoms. The molecule has 0 spiro atoms. The van der Waals surface area contributed by atoms with E-state index in [2.05, 4.69) is 4.74 Å². The maximum Gasteiger partial charge on any atom is 1.00 e. The maximum atomic E-state index is 10.5. The fourth-order valence-electron chi connectivity index (χ4n) is 1.48. The van der Waals surface area contributed by atoms with Gasteiger partial charge in [0.2, 0.25) is 5.76 Å². The van der Waals surface area contributed by atoms with Gasteiger partial charge in [0.15, 0.2) is 11.9 Å². The van der Waals surface area contributed by atoms with Crippen molar-refractivity contribution in [1.29, 1.82) is 0 Å². The van der Waals surface area contributed by atoms with Gasteiger partial charge in [-0.2, -0.15) is 0 Å². The van der Waals surface area contributed by atoms with Crippen molar-refractivity contribution < 1.29 is 94.9 Å². The summed E-state index contributed by atoms with van der Waals surface area (Å²) in [5.41, 5.74) is 0. The molecule has 14 heteroatoms. The van der Waals surface area contributed by atoms with Gasteiger partial charge in [0, 0.05) is 0 Å². The van der Waals surface area contributed by atoms with Crippen molar-refractivity contribution in [3.8, 4) is 0 Å². The van der Waals surface area contributed by atoms with Crippen LogP contribution in [0.4, 0.5) is 0 Å². The first-order valence-corrected chi connectivity index (χ1v) is 6.65. The average molecular weight is 394 g/mol. The molecule has 1 aliphatic rings. The third-order valence-electron chi connectivity index (χ3n) is 2.97. The van der Waals surface area contributed by atoms with Crippen LogP contribution in [0.15, 0.2) is 11.5 Å². The molecule has 1 aliphatic heterocycles. The number of ether oxygens (including phenoxy) is 1. The number of rotatable bonds is 7. The van der Waals surface area contributed by atoms with E-state index in [1.165, 1.54) is 0 Å². The minimum absolute atomic E-state index is 0. The normalized spacial score (nSPS) is 22.1. The Balaban J connectivity index is 0. The number of aliphatic hydroxyl groups excluding tert-OH is 9. The van der Waals surface area contributed by atoms with Crippen LogP contribution in [0.2, 0.25) is 0 Å². The van der Waals surface area contributed by atoms with Gasteiger partial charge in [-0.3, -0.25) is 0 Å². The first kappa shape index (κ1) is 27.2. The third-order valence-corrected chi connectivity index (χ3v) is 2.97. The molecule has 0 bridgehead atoms. The predicted octanol–water partition coefficient (Wildman–Crippen LogP) is -9.23. The van der Waals surface area contributed by atoms with Gasteiger partial charge in [-0.25, -0.2) is 4.79 Å². The standard InChI is InChI=1S/C6H12O7.C6H8O6.Na/c7-1-2(8)3(9)4(10)5(11)6(12)13;7-1-2(8)5-3(9)4(10)6(11)12-5;/h2-5,7-11H,1H2,(H,12,13);2,5,7-10H,1H2;/q;;+1/p-1/t2-,3-,4+,5-;2-,5+;/m10./s1. The summed E-state index contributed by atoms with van der Waals surface area (Å²) in [6, 6.07) is 0. The van der Waals surface area contributed by atoms with Gasteiger partial charge in [-0.05, 0) is 0 Å². The van der Waals surface area contributed by atoms with Crippen LogP contribution in [-0.4, -0.2) is 108 Å². The van der Waals surface area contributed by atoms with Gasteiger partial charge in [-0.1, -0.05) is 0 Å². The number of carbonyl (C=O) groups excluding carboxylic acids is 2. The molecule has 146 valence electrons. The maximum absolute atomic E-state index is 10.5. The summed E-state index contributed by atoms with van der Waals surface area (Å²) in [5.74, 6) is -4.75. The molecule has 0 saturated heterocycles. The topological polar surface area (TPSA) is 248 Å². The molecule has 13 nitrogen and oxygen atoms in total. The number of aliphatic carboxylic acids is 1. The van der Waals surface area contributed by atoms with Crippen LogP contribution >= 0.6 is 0 Å². The first-order chi connectivity index (χ1) is 11.5. The molecule has 1 heterocycles. The number of carboxylic acid groups (broad SMARTS) is 1. The zero-order valence-electron chi connectivity index (χ0n) is 13.5. The molecule has 0 aromatic heterocycles. The van der Waals surface area contributed by atoms with E-state index in [0.717, 1.165) is 0 Å². The van der Waals surface area contributed by atoms with E-state index < -0.39 is 73.3 Å². The van der Waals surface area contributed by atoms with Crippen molar-refractivity contribution in [2.75, 3.05) is 13.2 Å². The van der Waals surface area contributed by atoms with Gasteiger partial charge in [0.1, 0.15) is 30.5 Å². The van der Waals surface area contributed by atoms with E-state index in [1.54, 1.807) is 0 Å². The van der Waals surface area contributed by atoms with Gasteiger partial charge in [0.05, 0.1) is 19.2 Å². The minimum Gasteiger partial charge on any atom is -0.547 e. The van der Waals surface area contributed by atoms with Crippen LogP contribution in [0.1, 0.15) is 0 Å². The molecule has 0 fully saturated rings. The van der Waals surface area contributed by atoms with Crippen molar-refractivity contribution in [1.82, 2.24) is 0 Å². The summed E-state index contributed by atoms with van der Waals surface area (Å²) >= 11 is 0. The van der Waals surface area contributed by atoms with E-state index in [9.17, 15) is 14.7 Å². The van der Waals surface area contributed by atoms with Gasteiger partial charge in [-0.15, -0.1) is 0 Å². The Labute approximate surface area is 168 Å². The zero-order valence-corrected chi connectivity index (χ0v) is 15.5. The number of hydrogen-bond donors (Lipinski definition) is 9. The molecule has 9 N–H and O–H groups in total. The minimum atomic E-state index is -2.31. The fourth-order valence-corrected chi connectivity index (χ4v) is 1.48. The second-order valence-electron chi connectivity index (χ2n) is 4.80. The van der Waals surface area contributed by atoms with E-state index in [-0.39, 0.29) is 29.6 Å². The van der Waals surface area contributed by atoms with Gasteiger partial charge < -0.3 is 60.6 Å². The average Bonchev–Trinajstić information content (AvgIpc) is 2.86. The molecular weight excluding hydrogens is 375 g/mol. The Hall–Kier alpha value is -1.00. The first-order valence-electron chi connectivity index (χ1n) is 6.65. The molecular formula is C12H19NaO13. The van der Waals surface area contributed by atoms with E-state index >= 15 is 0 Å². The summed E-state index contributed by atoms with van der Waals surface area (Å²) in [5, 5.41) is 88.5. The smallest absolute Gasteiger partial charge is 0.547 e. The predicted molar refractivity (Wildman–Crippen MR) is 71.4 cm³/mol. The van der Waals surface area contributed by atoms with Gasteiger partial charge >= 0.3 is 35.5 Å². The largest absolute Gasteiger partial charge is 1.00 e. The van der Waals surface area contributed by atoms with Crippen LogP contribution in [0.5, 0.6) is 0 Å².